The molecule has 0 bridgehead atoms. The van der Waals surface area contributed by atoms with Gasteiger partial charge in [0.2, 0.25) is 0 Å². The average molecular weight is 348 g/mol. The van der Waals surface area contributed by atoms with Crippen molar-refractivity contribution in [2.45, 2.75) is 10.1 Å². The topological polar surface area (TPSA) is 29.5 Å². The van der Waals surface area contributed by atoms with Gasteiger partial charge in [-0.1, -0.05) is 35.9 Å². The first kappa shape index (κ1) is 16.4. The minimum Gasteiger partial charge on any atom is -0.463 e. The summed E-state index contributed by atoms with van der Waals surface area (Å²) in [5.41, 5.74) is 3.12. The normalized spacial score (nSPS) is 15.9. The SMILES string of the molecule is CN(C)CCOC(=O)C1Sc2ccc(Cl)cc2-c2ccccc21. The lowest BCUT2D eigenvalue weighted by Gasteiger charge is -2.26. The van der Waals surface area contributed by atoms with Crippen LogP contribution in [0, 0.1) is 0 Å². The molecular formula is C18H18ClNO2S. The molecule has 5 heteroatoms. The van der Waals surface area contributed by atoms with Crippen LogP contribution in [0.3, 0.4) is 0 Å². The maximum absolute atomic E-state index is 12.5. The van der Waals surface area contributed by atoms with Gasteiger partial charge in [0.15, 0.2) is 0 Å². The van der Waals surface area contributed by atoms with E-state index in [1.807, 2.05) is 61.5 Å². The van der Waals surface area contributed by atoms with Crippen molar-refractivity contribution in [3.8, 4) is 11.1 Å². The molecule has 0 saturated heterocycles. The van der Waals surface area contributed by atoms with Gasteiger partial charge in [-0.2, -0.15) is 0 Å². The van der Waals surface area contributed by atoms with Crippen molar-refractivity contribution in [3.05, 3.63) is 53.1 Å². The van der Waals surface area contributed by atoms with Gasteiger partial charge in [-0.05, 0) is 49.0 Å². The van der Waals surface area contributed by atoms with Crippen molar-refractivity contribution in [2.24, 2.45) is 0 Å². The van der Waals surface area contributed by atoms with E-state index < -0.39 is 0 Å². The van der Waals surface area contributed by atoms with Crippen LogP contribution in [0.1, 0.15) is 10.8 Å². The van der Waals surface area contributed by atoms with E-state index in [2.05, 4.69) is 0 Å². The van der Waals surface area contributed by atoms with E-state index in [0.717, 1.165) is 28.1 Å². The number of rotatable bonds is 4. The van der Waals surface area contributed by atoms with Gasteiger partial charge in [0.25, 0.3) is 0 Å². The van der Waals surface area contributed by atoms with Gasteiger partial charge in [0, 0.05) is 16.5 Å². The Hall–Kier alpha value is -1.49. The maximum atomic E-state index is 12.5. The number of likely N-dealkylation sites (N-methyl/N-ethyl adjacent to an activating group) is 1. The quantitative estimate of drug-likeness (QED) is 0.773. The molecule has 0 spiro atoms. The molecule has 2 aromatic carbocycles. The highest BCUT2D eigenvalue weighted by atomic mass is 35.5. The number of halogens is 1. The molecule has 1 aliphatic rings. The number of esters is 1. The van der Waals surface area contributed by atoms with E-state index in [-0.39, 0.29) is 11.2 Å². The lowest BCUT2D eigenvalue weighted by atomic mass is 9.96. The summed E-state index contributed by atoms with van der Waals surface area (Å²) in [4.78, 5) is 15.6. The zero-order valence-corrected chi connectivity index (χ0v) is 14.7. The third kappa shape index (κ3) is 3.55. The lowest BCUT2D eigenvalue weighted by Crippen LogP contribution is -2.23. The molecule has 3 rings (SSSR count). The predicted molar refractivity (Wildman–Crippen MR) is 95.0 cm³/mol. The number of thioether (sulfide) groups is 1. The minimum atomic E-state index is -0.331. The summed E-state index contributed by atoms with van der Waals surface area (Å²) >= 11 is 7.66. The highest BCUT2D eigenvalue weighted by molar-refractivity contribution is 8.00. The molecule has 0 N–H and O–H groups in total. The predicted octanol–water partition coefficient (Wildman–Crippen LogP) is 4.26. The number of benzene rings is 2. The van der Waals surface area contributed by atoms with Gasteiger partial charge < -0.3 is 9.64 Å². The Balaban J connectivity index is 1.89. The molecule has 0 saturated carbocycles. The highest BCUT2D eigenvalue weighted by Crippen LogP contribution is 2.49. The maximum Gasteiger partial charge on any atom is 0.324 e. The molecule has 120 valence electrons. The fourth-order valence-electron chi connectivity index (χ4n) is 2.56. The third-order valence-electron chi connectivity index (χ3n) is 3.72. The summed E-state index contributed by atoms with van der Waals surface area (Å²) in [7, 11) is 3.91. The summed E-state index contributed by atoms with van der Waals surface area (Å²) in [5.74, 6) is -0.190. The largest absolute Gasteiger partial charge is 0.463 e. The number of carbonyl (C=O) groups is 1. The third-order valence-corrected chi connectivity index (χ3v) is 5.24. The van der Waals surface area contributed by atoms with Crippen LogP contribution in [0.4, 0.5) is 0 Å². The van der Waals surface area contributed by atoms with Crippen LogP contribution in [-0.2, 0) is 9.53 Å². The Labute approximate surface area is 145 Å². The highest BCUT2D eigenvalue weighted by Gasteiger charge is 2.31. The molecule has 1 atom stereocenters. The van der Waals surface area contributed by atoms with Gasteiger partial charge in [0.1, 0.15) is 11.9 Å². The van der Waals surface area contributed by atoms with Crippen LogP contribution < -0.4 is 0 Å². The van der Waals surface area contributed by atoms with E-state index in [4.69, 9.17) is 16.3 Å². The number of ether oxygens (including phenoxy) is 1. The molecule has 0 fully saturated rings. The number of hydrogen-bond donors (Lipinski definition) is 0. The van der Waals surface area contributed by atoms with Gasteiger partial charge in [-0.3, -0.25) is 4.79 Å². The van der Waals surface area contributed by atoms with Crippen molar-refractivity contribution >= 4 is 29.3 Å². The Morgan fingerprint density at radius 3 is 2.78 bits per heavy atom. The second-order valence-electron chi connectivity index (χ2n) is 5.70. The molecule has 1 unspecified atom stereocenters. The van der Waals surface area contributed by atoms with E-state index in [1.54, 1.807) is 0 Å². The smallest absolute Gasteiger partial charge is 0.324 e. The summed E-state index contributed by atoms with van der Waals surface area (Å²) in [6.45, 7) is 1.12. The Kier molecular flexibility index (Phi) is 4.95. The molecule has 23 heavy (non-hydrogen) atoms. The van der Waals surface area contributed by atoms with Crippen molar-refractivity contribution < 1.29 is 9.53 Å². The van der Waals surface area contributed by atoms with Crippen molar-refractivity contribution in [1.29, 1.82) is 0 Å². The number of hydrogen-bond acceptors (Lipinski definition) is 4. The molecule has 0 aliphatic carbocycles. The Bertz CT molecular complexity index is 733. The molecule has 0 amide bonds. The zero-order chi connectivity index (χ0) is 16.4. The van der Waals surface area contributed by atoms with Crippen molar-refractivity contribution in [2.75, 3.05) is 27.2 Å². The molecule has 0 aromatic heterocycles. The lowest BCUT2D eigenvalue weighted by molar-refractivity contribution is -0.143. The fourth-order valence-corrected chi connectivity index (χ4v) is 3.92. The van der Waals surface area contributed by atoms with Crippen LogP contribution in [0.15, 0.2) is 47.4 Å². The van der Waals surface area contributed by atoms with Gasteiger partial charge in [-0.25, -0.2) is 0 Å². The van der Waals surface area contributed by atoms with Crippen LogP contribution in [-0.4, -0.2) is 38.1 Å². The zero-order valence-electron chi connectivity index (χ0n) is 13.1. The monoisotopic (exact) mass is 347 g/mol. The Morgan fingerprint density at radius 2 is 2.00 bits per heavy atom. The second kappa shape index (κ2) is 6.95. The van der Waals surface area contributed by atoms with Gasteiger partial charge in [-0.15, -0.1) is 11.8 Å². The molecule has 0 radical (unpaired) electrons. The fraction of sp³-hybridized carbons (Fsp3) is 0.278. The Morgan fingerprint density at radius 1 is 1.22 bits per heavy atom. The summed E-state index contributed by atoms with van der Waals surface area (Å²) in [5, 5.41) is 0.369. The van der Waals surface area contributed by atoms with Crippen LogP contribution >= 0.6 is 23.4 Å². The summed E-state index contributed by atoms with van der Waals surface area (Å²) < 4.78 is 5.46. The summed E-state index contributed by atoms with van der Waals surface area (Å²) in [6, 6.07) is 13.7. The minimum absolute atomic E-state index is 0.190. The second-order valence-corrected chi connectivity index (χ2v) is 7.28. The molecule has 3 nitrogen and oxygen atoms in total. The molecule has 1 aliphatic heterocycles. The summed E-state index contributed by atoms with van der Waals surface area (Å²) in [6.07, 6.45) is 0. The molecule has 2 aromatic rings. The average Bonchev–Trinajstić information content (AvgIpc) is 2.53. The number of fused-ring (bicyclic) bond motifs is 3. The van der Waals surface area contributed by atoms with Gasteiger partial charge >= 0.3 is 5.97 Å². The molecular weight excluding hydrogens is 330 g/mol. The van der Waals surface area contributed by atoms with E-state index >= 15 is 0 Å². The molecule has 1 heterocycles. The first-order valence-electron chi connectivity index (χ1n) is 7.43. The van der Waals surface area contributed by atoms with E-state index in [0.29, 0.717) is 11.6 Å². The van der Waals surface area contributed by atoms with Crippen molar-refractivity contribution in [3.63, 3.8) is 0 Å². The number of nitrogens with zero attached hydrogens (tertiary/aromatic N) is 1. The first-order chi connectivity index (χ1) is 11.1. The van der Waals surface area contributed by atoms with Crippen molar-refractivity contribution in [1.82, 2.24) is 4.90 Å². The standard InChI is InChI=1S/C18H18ClNO2S/c1-20(2)9-10-22-18(21)17-14-6-4-3-5-13(14)15-11-12(19)7-8-16(15)23-17/h3-8,11,17H,9-10H2,1-2H3. The van der Waals surface area contributed by atoms with E-state index in [1.165, 1.54) is 11.8 Å². The first-order valence-corrected chi connectivity index (χ1v) is 8.69. The van der Waals surface area contributed by atoms with Crippen LogP contribution in [0.5, 0.6) is 0 Å². The number of carbonyl (C=O) groups excluding carboxylic acids is 1. The van der Waals surface area contributed by atoms with Crippen LogP contribution in [0.2, 0.25) is 5.02 Å². The van der Waals surface area contributed by atoms with Crippen LogP contribution in [0.25, 0.3) is 11.1 Å². The van der Waals surface area contributed by atoms with E-state index in [9.17, 15) is 4.79 Å². The van der Waals surface area contributed by atoms with Gasteiger partial charge in [0.05, 0.1) is 0 Å².